The third-order valence-corrected chi connectivity index (χ3v) is 7.13. The zero-order chi connectivity index (χ0) is 25.5. The van der Waals surface area contributed by atoms with Gasteiger partial charge in [0.1, 0.15) is 16.5 Å². The van der Waals surface area contributed by atoms with Crippen LogP contribution in [-0.2, 0) is 10.0 Å². The molecule has 8 nitrogen and oxygen atoms in total. The van der Waals surface area contributed by atoms with Gasteiger partial charge in [-0.05, 0) is 63.5 Å². The number of anilines is 3. The smallest absolute Gasteiger partial charge is 0.240 e. The number of carbonyl (C=O) groups is 1. The maximum absolute atomic E-state index is 13.8. The molecule has 11 heteroatoms. The molecule has 34 heavy (non-hydrogen) atoms. The number of carbonyl (C=O) groups excluding carboxylic acids is 1. The number of nitrogens with two attached hydrogens (primary N) is 1. The van der Waals surface area contributed by atoms with E-state index >= 15 is 0 Å². The number of thiazole rings is 1. The van der Waals surface area contributed by atoms with Gasteiger partial charge in [-0.25, -0.2) is 22.5 Å². The Balaban J connectivity index is 2.05. The fraction of sp³-hybridized carbons (Fsp3) is 0.304. The first-order valence-electron chi connectivity index (χ1n) is 10.4. The van der Waals surface area contributed by atoms with Crippen LogP contribution in [0.25, 0.3) is 0 Å². The summed E-state index contributed by atoms with van der Waals surface area (Å²) in [5, 5.41) is 12.9. The molecule has 0 aliphatic rings. The molecule has 0 amide bonds. The van der Waals surface area contributed by atoms with E-state index in [4.69, 9.17) is 5.73 Å². The number of Topliss-reactive ketones (excluding diaryl/α,β-unsaturated/α-hetero) is 1. The van der Waals surface area contributed by atoms with Gasteiger partial charge in [-0.15, -0.1) is 0 Å². The van der Waals surface area contributed by atoms with Crippen LogP contribution in [0.15, 0.2) is 65.9 Å². The second kappa shape index (κ2) is 11.5. The maximum Gasteiger partial charge on any atom is 0.240 e. The molecule has 5 N–H and O–H groups in total. The van der Waals surface area contributed by atoms with E-state index in [1.165, 1.54) is 12.1 Å². The Morgan fingerprint density at radius 2 is 1.88 bits per heavy atom. The number of nitrogen functional groups attached to an aromatic ring is 1. The van der Waals surface area contributed by atoms with E-state index in [1.807, 2.05) is 0 Å². The number of sulfonamides is 1. The first-order valence-corrected chi connectivity index (χ1v) is 12.7. The van der Waals surface area contributed by atoms with Crippen molar-refractivity contribution >= 4 is 43.8 Å². The molecule has 0 aliphatic carbocycles. The predicted molar refractivity (Wildman–Crippen MR) is 134 cm³/mol. The molecule has 0 unspecified atom stereocenters. The van der Waals surface area contributed by atoms with Crippen molar-refractivity contribution in [1.29, 1.82) is 0 Å². The number of hydrogen-bond donors (Lipinski definition) is 4. The topological polar surface area (TPSA) is 134 Å². The quantitative estimate of drug-likeness (QED) is 0.136. The Hall–Kier alpha value is -2.86. The first kappa shape index (κ1) is 27.4. The van der Waals surface area contributed by atoms with Crippen LogP contribution in [0.4, 0.5) is 21.0 Å². The van der Waals surface area contributed by atoms with Crippen LogP contribution in [0, 0.1) is 0 Å². The highest BCUT2D eigenvalue weighted by atomic mass is 32.2. The largest absolute Gasteiger partial charge is 0.390 e. The zero-order valence-corrected chi connectivity index (χ0v) is 20.7. The Kier molecular flexibility index (Phi) is 9.28. The molecular formula is C23H29FN4O4S2. The average molecular weight is 509 g/mol. The summed E-state index contributed by atoms with van der Waals surface area (Å²) in [6.07, 6.45) is 3.88. The first-order chi connectivity index (χ1) is 15.9. The Bertz CT molecular complexity index is 1180. The number of halogens is 1. The summed E-state index contributed by atoms with van der Waals surface area (Å²) in [6, 6.07) is 5.97. The van der Waals surface area contributed by atoms with Crippen LogP contribution in [0.1, 0.15) is 42.8 Å². The van der Waals surface area contributed by atoms with Gasteiger partial charge in [0.05, 0.1) is 16.1 Å². The molecule has 0 atom stereocenters. The number of nitrogens with zero attached hydrogens (tertiary/aromatic N) is 1. The molecule has 0 saturated carbocycles. The van der Waals surface area contributed by atoms with Gasteiger partial charge in [0.2, 0.25) is 15.8 Å². The lowest BCUT2D eigenvalue weighted by atomic mass is 10.0. The van der Waals surface area contributed by atoms with Gasteiger partial charge in [-0.2, -0.15) is 0 Å². The van der Waals surface area contributed by atoms with Crippen LogP contribution in [0.5, 0.6) is 0 Å². The highest BCUT2D eigenvalue weighted by Gasteiger charge is 2.21. The molecule has 0 saturated heterocycles. The molecule has 1 aromatic heterocycles. The number of ketones is 1. The number of aliphatic hydroxyl groups is 1. The van der Waals surface area contributed by atoms with Crippen LogP contribution < -0.4 is 15.8 Å². The van der Waals surface area contributed by atoms with Crippen molar-refractivity contribution in [2.24, 2.45) is 0 Å². The number of aromatic nitrogens is 1. The van der Waals surface area contributed by atoms with Gasteiger partial charge in [0, 0.05) is 12.2 Å². The highest BCUT2D eigenvalue weighted by Crippen LogP contribution is 2.31. The van der Waals surface area contributed by atoms with Crippen molar-refractivity contribution in [3.63, 3.8) is 0 Å². The average Bonchev–Trinajstić information content (AvgIpc) is 3.13. The van der Waals surface area contributed by atoms with Gasteiger partial charge < -0.3 is 16.2 Å². The highest BCUT2D eigenvalue weighted by molar-refractivity contribution is 7.89. The lowest BCUT2D eigenvalue weighted by Crippen LogP contribution is -2.25. The fourth-order valence-electron chi connectivity index (χ4n) is 2.89. The third-order valence-electron chi connectivity index (χ3n) is 4.67. The summed E-state index contributed by atoms with van der Waals surface area (Å²) in [5.74, 6) is -1.54. The fourth-order valence-corrected chi connectivity index (χ4v) is 4.83. The van der Waals surface area contributed by atoms with E-state index in [0.29, 0.717) is 24.9 Å². The summed E-state index contributed by atoms with van der Waals surface area (Å²) in [5.41, 5.74) is 5.32. The van der Waals surface area contributed by atoms with E-state index in [2.05, 4.69) is 28.2 Å². The van der Waals surface area contributed by atoms with Gasteiger partial charge in [-0.3, -0.25) is 4.79 Å². The van der Waals surface area contributed by atoms with Gasteiger partial charge in [0.15, 0.2) is 5.13 Å². The summed E-state index contributed by atoms with van der Waals surface area (Å²) >= 11 is 0.933. The Labute approximate surface area is 203 Å². The standard InChI is InChI=1S/C23H29FN4O4S2/c1-5-17(18(24)6-2)19(29)20-21(25)28-22(33-20)27-15-9-11-16(12-10-15)34(31,32)26-14-8-7-13-23(3,4)30/h5-6,9-12,26,30H,1-2,7-8,13-14,25H2,3-4H3,(H,27,28)/b18-17-. The van der Waals surface area contributed by atoms with Crippen molar-refractivity contribution in [2.75, 3.05) is 17.6 Å². The minimum atomic E-state index is -3.68. The second-order valence-corrected chi connectivity index (χ2v) is 10.8. The lowest BCUT2D eigenvalue weighted by Gasteiger charge is -2.16. The van der Waals surface area contributed by atoms with Gasteiger partial charge >= 0.3 is 0 Å². The molecule has 0 radical (unpaired) electrons. The number of hydrogen-bond acceptors (Lipinski definition) is 8. The van der Waals surface area contributed by atoms with Crippen molar-refractivity contribution < 1.29 is 22.7 Å². The summed E-state index contributed by atoms with van der Waals surface area (Å²) < 4.78 is 41.3. The third kappa shape index (κ3) is 7.59. The molecule has 2 rings (SSSR count). The second-order valence-electron chi connectivity index (χ2n) is 8.05. The molecule has 184 valence electrons. The molecule has 0 spiro atoms. The normalized spacial score (nSPS) is 12.7. The molecular weight excluding hydrogens is 479 g/mol. The molecule has 1 heterocycles. The number of nitrogens with one attached hydrogen (secondary N) is 2. The minimum Gasteiger partial charge on any atom is -0.390 e. The number of benzene rings is 1. The molecule has 0 bridgehead atoms. The van der Waals surface area contributed by atoms with Crippen LogP contribution in [0.3, 0.4) is 0 Å². The molecule has 1 aromatic carbocycles. The van der Waals surface area contributed by atoms with Crippen LogP contribution >= 0.6 is 11.3 Å². The van der Waals surface area contributed by atoms with Crippen molar-refractivity contribution in [1.82, 2.24) is 9.71 Å². The summed E-state index contributed by atoms with van der Waals surface area (Å²) in [4.78, 5) is 16.8. The van der Waals surface area contributed by atoms with Crippen LogP contribution in [0.2, 0.25) is 0 Å². The van der Waals surface area contributed by atoms with E-state index in [-0.39, 0.29) is 32.8 Å². The van der Waals surface area contributed by atoms with Crippen molar-refractivity contribution in [3.8, 4) is 0 Å². The van der Waals surface area contributed by atoms with Crippen molar-refractivity contribution in [3.05, 3.63) is 65.9 Å². The number of allylic oxidation sites excluding steroid dienone is 4. The van der Waals surface area contributed by atoms with Crippen LogP contribution in [-0.4, -0.2) is 36.4 Å². The van der Waals surface area contributed by atoms with Crippen molar-refractivity contribution in [2.45, 2.75) is 43.6 Å². The summed E-state index contributed by atoms with van der Waals surface area (Å²) in [7, 11) is -3.68. The molecule has 2 aromatic rings. The molecule has 0 aliphatic heterocycles. The van der Waals surface area contributed by atoms with Gasteiger partial charge in [0.25, 0.3) is 0 Å². The van der Waals surface area contributed by atoms with E-state index in [9.17, 15) is 22.7 Å². The number of unbranched alkanes of at least 4 members (excludes halogenated alkanes) is 1. The Morgan fingerprint density at radius 1 is 1.24 bits per heavy atom. The maximum atomic E-state index is 13.8. The van der Waals surface area contributed by atoms with E-state index in [1.54, 1.807) is 26.0 Å². The Morgan fingerprint density at radius 3 is 2.44 bits per heavy atom. The minimum absolute atomic E-state index is 0.0439. The van der Waals surface area contributed by atoms with E-state index in [0.717, 1.165) is 23.5 Å². The SMILES string of the molecule is C=C/C(F)=C(\C=C)C(=O)c1sc(Nc2ccc(S(=O)(=O)NCCCCC(C)(C)O)cc2)nc1N. The predicted octanol–water partition coefficient (Wildman–Crippen LogP) is 4.47. The molecule has 0 fully saturated rings. The lowest BCUT2D eigenvalue weighted by molar-refractivity contribution is 0.0683. The van der Waals surface area contributed by atoms with Gasteiger partial charge in [-0.1, -0.05) is 30.6 Å². The number of rotatable bonds is 13. The van der Waals surface area contributed by atoms with E-state index < -0.39 is 27.2 Å². The zero-order valence-electron chi connectivity index (χ0n) is 19.1. The summed E-state index contributed by atoms with van der Waals surface area (Å²) in [6.45, 7) is 10.4. The monoisotopic (exact) mass is 508 g/mol.